The number of rotatable bonds is 3. The van der Waals surface area contributed by atoms with Gasteiger partial charge in [0.15, 0.2) is 0 Å². The summed E-state index contributed by atoms with van der Waals surface area (Å²) in [5.41, 5.74) is 2.45. The van der Waals surface area contributed by atoms with Crippen molar-refractivity contribution in [3.63, 3.8) is 0 Å². The number of benzene rings is 1. The maximum Gasteiger partial charge on any atom is 0.339 e. The molecule has 1 heterocycles. The maximum atomic E-state index is 11.7. The molecular formula is C15H13Cl2NO2. The lowest BCUT2D eigenvalue weighted by Gasteiger charge is -2.09. The van der Waals surface area contributed by atoms with Crippen LogP contribution in [0.4, 0.5) is 0 Å². The molecule has 0 aliphatic carbocycles. The maximum absolute atomic E-state index is 11.7. The molecule has 0 spiro atoms. The van der Waals surface area contributed by atoms with E-state index in [2.05, 4.69) is 4.98 Å². The number of esters is 1. The minimum absolute atomic E-state index is 0.333. The van der Waals surface area contributed by atoms with E-state index in [0.717, 1.165) is 5.56 Å². The van der Waals surface area contributed by atoms with Gasteiger partial charge in [-0.2, -0.15) is 0 Å². The summed E-state index contributed by atoms with van der Waals surface area (Å²) < 4.78 is 4.97. The molecule has 2 aromatic rings. The average molecular weight is 310 g/mol. The fourth-order valence-electron chi connectivity index (χ4n) is 1.83. The summed E-state index contributed by atoms with van der Waals surface area (Å²) in [6.07, 6.45) is 0. The molecule has 5 heteroatoms. The number of aromatic nitrogens is 1. The number of hydrogen-bond acceptors (Lipinski definition) is 3. The van der Waals surface area contributed by atoms with Gasteiger partial charge in [-0.05, 0) is 44.2 Å². The molecule has 104 valence electrons. The van der Waals surface area contributed by atoms with Gasteiger partial charge in [0.25, 0.3) is 0 Å². The molecule has 0 saturated heterocycles. The molecule has 0 atom stereocenters. The molecule has 0 fully saturated rings. The van der Waals surface area contributed by atoms with Crippen LogP contribution in [0.3, 0.4) is 0 Å². The molecule has 0 aliphatic heterocycles. The van der Waals surface area contributed by atoms with E-state index in [4.69, 9.17) is 27.9 Å². The van der Waals surface area contributed by atoms with Crippen LogP contribution in [0.2, 0.25) is 10.0 Å². The van der Waals surface area contributed by atoms with Gasteiger partial charge in [0.2, 0.25) is 0 Å². The lowest BCUT2D eigenvalue weighted by Crippen LogP contribution is -2.08. The quantitative estimate of drug-likeness (QED) is 0.781. The Morgan fingerprint density at radius 1 is 1.25 bits per heavy atom. The van der Waals surface area contributed by atoms with Crippen molar-refractivity contribution in [2.75, 3.05) is 6.61 Å². The second-order valence-corrected chi connectivity index (χ2v) is 5.02. The van der Waals surface area contributed by atoms with E-state index in [-0.39, 0.29) is 5.97 Å². The van der Waals surface area contributed by atoms with Gasteiger partial charge in [0, 0.05) is 10.6 Å². The predicted molar refractivity (Wildman–Crippen MR) is 80.4 cm³/mol. The van der Waals surface area contributed by atoms with Gasteiger partial charge < -0.3 is 4.74 Å². The highest BCUT2D eigenvalue weighted by molar-refractivity contribution is 6.35. The summed E-state index contributed by atoms with van der Waals surface area (Å²) >= 11 is 12.1. The molecular weight excluding hydrogens is 297 g/mol. The van der Waals surface area contributed by atoms with Crippen molar-refractivity contribution < 1.29 is 9.53 Å². The van der Waals surface area contributed by atoms with E-state index in [1.165, 1.54) is 0 Å². The number of hydrogen-bond donors (Lipinski definition) is 0. The Labute approximate surface area is 127 Å². The summed E-state index contributed by atoms with van der Waals surface area (Å²) in [6, 6.07) is 8.60. The van der Waals surface area contributed by atoms with Gasteiger partial charge >= 0.3 is 5.97 Å². The molecule has 20 heavy (non-hydrogen) atoms. The molecule has 3 nitrogen and oxygen atoms in total. The number of carbonyl (C=O) groups excluding carboxylic acids is 1. The number of ether oxygens (including phenoxy) is 1. The highest BCUT2D eigenvalue weighted by atomic mass is 35.5. The third kappa shape index (κ3) is 3.11. The van der Waals surface area contributed by atoms with E-state index in [1.807, 2.05) is 0 Å². The van der Waals surface area contributed by atoms with Crippen molar-refractivity contribution in [2.24, 2.45) is 0 Å². The van der Waals surface area contributed by atoms with Gasteiger partial charge in [-0.25, -0.2) is 4.79 Å². The van der Waals surface area contributed by atoms with Gasteiger partial charge in [0.1, 0.15) is 0 Å². The Bertz CT molecular complexity index is 656. The first kappa shape index (κ1) is 14.8. The predicted octanol–water partition coefficient (Wildman–Crippen LogP) is 4.54. The molecule has 2 rings (SSSR count). The monoisotopic (exact) mass is 309 g/mol. The minimum atomic E-state index is -0.374. The second-order valence-electron chi connectivity index (χ2n) is 4.17. The lowest BCUT2D eigenvalue weighted by atomic mass is 10.1. The molecule has 0 saturated carbocycles. The number of nitrogens with zero attached hydrogens (tertiary/aromatic N) is 1. The van der Waals surface area contributed by atoms with Crippen LogP contribution in [0.5, 0.6) is 0 Å². The van der Waals surface area contributed by atoms with Crippen molar-refractivity contribution >= 4 is 29.2 Å². The summed E-state index contributed by atoms with van der Waals surface area (Å²) in [5, 5.41) is 1.14. The third-order valence-electron chi connectivity index (χ3n) is 2.79. The molecule has 0 bridgehead atoms. The van der Waals surface area contributed by atoms with Gasteiger partial charge in [-0.15, -0.1) is 0 Å². The Kier molecular flexibility index (Phi) is 4.63. The molecule has 1 aromatic heterocycles. The van der Waals surface area contributed by atoms with Crippen molar-refractivity contribution in [1.29, 1.82) is 0 Å². The zero-order valence-electron chi connectivity index (χ0n) is 11.1. The molecule has 0 N–H and O–H groups in total. The van der Waals surface area contributed by atoms with E-state index in [9.17, 15) is 4.79 Å². The van der Waals surface area contributed by atoms with Crippen molar-refractivity contribution in [3.05, 3.63) is 51.6 Å². The van der Waals surface area contributed by atoms with Crippen LogP contribution in [0, 0.1) is 6.92 Å². The lowest BCUT2D eigenvalue weighted by molar-refractivity contribution is 0.0525. The van der Waals surface area contributed by atoms with Gasteiger partial charge in [0.05, 0.1) is 28.6 Å². The Balaban J connectivity index is 2.43. The van der Waals surface area contributed by atoms with Gasteiger partial charge in [-0.3, -0.25) is 4.98 Å². The van der Waals surface area contributed by atoms with Crippen LogP contribution < -0.4 is 0 Å². The number of halogens is 2. The largest absolute Gasteiger partial charge is 0.462 e. The van der Waals surface area contributed by atoms with Crippen molar-refractivity contribution in [3.8, 4) is 11.3 Å². The van der Waals surface area contributed by atoms with E-state index in [0.29, 0.717) is 33.6 Å². The first-order valence-electron chi connectivity index (χ1n) is 6.13. The summed E-state index contributed by atoms with van der Waals surface area (Å²) in [7, 11) is 0. The Morgan fingerprint density at radius 2 is 2.00 bits per heavy atom. The minimum Gasteiger partial charge on any atom is -0.462 e. The van der Waals surface area contributed by atoms with Crippen molar-refractivity contribution in [2.45, 2.75) is 13.8 Å². The normalized spacial score (nSPS) is 10.4. The molecule has 1 aromatic carbocycles. The summed E-state index contributed by atoms with van der Waals surface area (Å²) in [6.45, 7) is 3.86. The zero-order chi connectivity index (χ0) is 14.7. The van der Waals surface area contributed by atoms with Gasteiger partial charge in [-0.1, -0.05) is 23.2 Å². The fourth-order valence-corrected chi connectivity index (χ4v) is 2.22. The summed E-state index contributed by atoms with van der Waals surface area (Å²) in [5.74, 6) is -0.374. The zero-order valence-corrected chi connectivity index (χ0v) is 12.6. The van der Waals surface area contributed by atoms with E-state index in [1.54, 1.807) is 44.2 Å². The van der Waals surface area contributed by atoms with Crippen LogP contribution in [-0.4, -0.2) is 17.6 Å². The average Bonchev–Trinajstić information content (AvgIpc) is 2.41. The highest BCUT2D eigenvalue weighted by Crippen LogP contribution is 2.29. The first-order valence-corrected chi connectivity index (χ1v) is 6.88. The summed E-state index contributed by atoms with van der Waals surface area (Å²) in [4.78, 5) is 16.1. The topological polar surface area (TPSA) is 39.2 Å². The fraction of sp³-hybridized carbons (Fsp3) is 0.200. The molecule has 0 amide bonds. The third-order valence-corrected chi connectivity index (χ3v) is 3.35. The number of carbonyl (C=O) groups is 1. The SMILES string of the molecule is CCOC(=O)c1ccc(-c2cc(Cl)ccc2Cl)nc1C. The molecule has 0 aliphatic rings. The molecule has 0 radical (unpaired) electrons. The number of pyridine rings is 1. The molecule has 0 unspecified atom stereocenters. The Morgan fingerprint density at radius 3 is 2.65 bits per heavy atom. The van der Waals surface area contributed by atoms with E-state index < -0.39 is 0 Å². The highest BCUT2D eigenvalue weighted by Gasteiger charge is 2.13. The van der Waals surface area contributed by atoms with E-state index >= 15 is 0 Å². The van der Waals surface area contributed by atoms with Crippen LogP contribution in [0.15, 0.2) is 30.3 Å². The van der Waals surface area contributed by atoms with Crippen LogP contribution >= 0.6 is 23.2 Å². The van der Waals surface area contributed by atoms with Crippen LogP contribution in [0.1, 0.15) is 23.0 Å². The second kappa shape index (κ2) is 6.25. The first-order chi connectivity index (χ1) is 9.52. The van der Waals surface area contributed by atoms with Crippen LogP contribution in [-0.2, 0) is 4.74 Å². The van der Waals surface area contributed by atoms with Crippen molar-refractivity contribution in [1.82, 2.24) is 4.98 Å². The Hall–Kier alpha value is -1.58. The standard InChI is InChI=1S/C15H13Cl2NO2/c1-3-20-15(19)11-5-7-14(18-9(11)2)12-8-10(16)4-6-13(12)17/h4-8H,3H2,1-2H3. The smallest absolute Gasteiger partial charge is 0.339 e. The number of aryl methyl sites for hydroxylation is 1. The van der Waals surface area contributed by atoms with Crippen LogP contribution in [0.25, 0.3) is 11.3 Å².